The molecular formula is C28H28N8O. The maximum Gasteiger partial charge on any atom is 0.321 e. The molecule has 1 saturated heterocycles. The Bertz CT molecular complexity index is 1560. The molecular weight excluding hydrogens is 464 g/mol. The highest BCUT2D eigenvalue weighted by molar-refractivity contribution is 6.01. The third-order valence-corrected chi connectivity index (χ3v) is 6.83. The number of fused-ring (bicyclic) bond motifs is 2. The number of amides is 2. The third kappa shape index (κ3) is 4.68. The first-order valence-corrected chi connectivity index (χ1v) is 12.4. The number of urea groups is 1. The molecule has 9 heteroatoms. The van der Waals surface area contributed by atoms with Crippen LogP contribution in [0.1, 0.15) is 6.92 Å². The molecule has 3 N–H and O–H groups in total. The highest BCUT2D eigenvalue weighted by Crippen LogP contribution is 2.23. The summed E-state index contributed by atoms with van der Waals surface area (Å²) in [5.74, 6) is 1.27. The minimum Gasteiger partial charge on any atom is -0.350 e. The molecule has 1 aliphatic heterocycles. The van der Waals surface area contributed by atoms with Gasteiger partial charge in [-0.25, -0.2) is 14.8 Å². The van der Waals surface area contributed by atoms with Crippen molar-refractivity contribution in [1.82, 2.24) is 29.7 Å². The zero-order valence-corrected chi connectivity index (χ0v) is 20.5. The average Bonchev–Trinajstić information content (AvgIpc) is 3.38. The van der Waals surface area contributed by atoms with Gasteiger partial charge in [-0.15, -0.1) is 0 Å². The van der Waals surface area contributed by atoms with Gasteiger partial charge in [-0.2, -0.15) is 4.98 Å². The van der Waals surface area contributed by atoms with Crippen LogP contribution in [0.4, 0.5) is 16.4 Å². The van der Waals surface area contributed by atoms with Crippen molar-refractivity contribution >= 4 is 39.5 Å². The van der Waals surface area contributed by atoms with E-state index in [4.69, 9.17) is 4.98 Å². The van der Waals surface area contributed by atoms with Gasteiger partial charge in [0.15, 0.2) is 0 Å². The van der Waals surface area contributed by atoms with Gasteiger partial charge < -0.3 is 20.9 Å². The van der Waals surface area contributed by atoms with E-state index < -0.39 is 0 Å². The highest BCUT2D eigenvalue weighted by Gasteiger charge is 2.27. The summed E-state index contributed by atoms with van der Waals surface area (Å²) < 4.78 is 1.95. The predicted octanol–water partition coefficient (Wildman–Crippen LogP) is 4.28. The Morgan fingerprint density at radius 3 is 2.81 bits per heavy atom. The second-order valence-electron chi connectivity index (χ2n) is 9.24. The molecule has 0 bridgehead atoms. The van der Waals surface area contributed by atoms with Gasteiger partial charge in [-0.1, -0.05) is 48.5 Å². The van der Waals surface area contributed by atoms with Crippen molar-refractivity contribution in [1.29, 1.82) is 0 Å². The third-order valence-electron chi connectivity index (χ3n) is 6.83. The molecule has 3 aromatic carbocycles. The summed E-state index contributed by atoms with van der Waals surface area (Å²) in [5.41, 5.74) is 2.72. The Morgan fingerprint density at radius 1 is 1.03 bits per heavy atom. The van der Waals surface area contributed by atoms with Crippen LogP contribution in [0.5, 0.6) is 0 Å². The zero-order valence-electron chi connectivity index (χ0n) is 20.5. The van der Waals surface area contributed by atoms with Gasteiger partial charge in [0.2, 0.25) is 5.95 Å². The zero-order chi connectivity index (χ0) is 25.2. The molecule has 1 aliphatic rings. The molecule has 2 atom stereocenters. The van der Waals surface area contributed by atoms with Crippen molar-refractivity contribution in [3.8, 4) is 5.82 Å². The molecule has 3 heterocycles. The van der Waals surface area contributed by atoms with E-state index in [1.807, 2.05) is 82.3 Å². The van der Waals surface area contributed by atoms with Crippen molar-refractivity contribution < 1.29 is 4.79 Å². The number of benzene rings is 3. The lowest BCUT2D eigenvalue weighted by Crippen LogP contribution is -2.58. The summed E-state index contributed by atoms with van der Waals surface area (Å²) in [4.78, 5) is 28.6. The van der Waals surface area contributed by atoms with Crippen LogP contribution in [-0.2, 0) is 0 Å². The molecule has 2 amide bonds. The molecule has 0 radical (unpaired) electrons. The molecule has 37 heavy (non-hydrogen) atoms. The number of para-hydroxylation sites is 2. The summed E-state index contributed by atoms with van der Waals surface area (Å²) >= 11 is 0. The summed E-state index contributed by atoms with van der Waals surface area (Å²) in [6, 6.07) is 23.8. The lowest BCUT2D eigenvalue weighted by Gasteiger charge is -2.37. The minimum absolute atomic E-state index is 0.0112. The maximum absolute atomic E-state index is 13.2. The van der Waals surface area contributed by atoms with E-state index in [0.717, 1.165) is 33.3 Å². The number of piperazine rings is 1. The van der Waals surface area contributed by atoms with Crippen molar-refractivity contribution in [2.45, 2.75) is 19.0 Å². The van der Waals surface area contributed by atoms with Crippen molar-refractivity contribution in [2.24, 2.45) is 0 Å². The van der Waals surface area contributed by atoms with E-state index in [0.29, 0.717) is 25.6 Å². The Kier molecular flexibility index (Phi) is 6.11. The van der Waals surface area contributed by atoms with Gasteiger partial charge in [0.05, 0.1) is 16.7 Å². The number of carbonyl (C=O) groups is 1. The lowest BCUT2D eigenvalue weighted by molar-refractivity contribution is 0.186. The number of imidazole rings is 1. The monoisotopic (exact) mass is 492 g/mol. The molecule has 0 saturated carbocycles. The van der Waals surface area contributed by atoms with E-state index >= 15 is 0 Å². The number of hydrogen-bond donors (Lipinski definition) is 3. The molecule has 186 valence electrons. The molecule has 1 fully saturated rings. The predicted molar refractivity (Wildman–Crippen MR) is 146 cm³/mol. The van der Waals surface area contributed by atoms with Crippen molar-refractivity contribution in [3.63, 3.8) is 0 Å². The van der Waals surface area contributed by atoms with Gasteiger partial charge in [0.1, 0.15) is 12.1 Å². The molecule has 1 unspecified atom stereocenters. The van der Waals surface area contributed by atoms with E-state index in [-0.39, 0.29) is 18.1 Å². The van der Waals surface area contributed by atoms with Gasteiger partial charge >= 0.3 is 6.03 Å². The van der Waals surface area contributed by atoms with Crippen LogP contribution in [0.25, 0.3) is 27.6 Å². The Balaban J connectivity index is 1.13. The number of anilines is 2. The van der Waals surface area contributed by atoms with Crippen molar-refractivity contribution in [2.75, 3.05) is 30.3 Å². The van der Waals surface area contributed by atoms with E-state index in [2.05, 4.69) is 32.8 Å². The van der Waals surface area contributed by atoms with Gasteiger partial charge in [0, 0.05) is 43.3 Å². The largest absolute Gasteiger partial charge is 0.350 e. The molecule has 9 nitrogen and oxygen atoms in total. The molecule has 0 aliphatic carbocycles. The van der Waals surface area contributed by atoms with E-state index in [1.165, 1.54) is 0 Å². The van der Waals surface area contributed by atoms with Crippen LogP contribution in [-0.4, -0.2) is 62.2 Å². The lowest BCUT2D eigenvalue weighted by atomic mass is 10.1. The van der Waals surface area contributed by atoms with Crippen molar-refractivity contribution in [3.05, 3.63) is 85.3 Å². The first-order chi connectivity index (χ1) is 18.2. The van der Waals surface area contributed by atoms with E-state index in [9.17, 15) is 4.79 Å². The Hall–Kier alpha value is -4.50. The van der Waals surface area contributed by atoms with Crippen LogP contribution >= 0.6 is 0 Å². The quantitative estimate of drug-likeness (QED) is 0.339. The smallest absolute Gasteiger partial charge is 0.321 e. The fourth-order valence-electron chi connectivity index (χ4n) is 4.83. The molecule has 6 rings (SSSR count). The minimum atomic E-state index is -0.0970. The Labute approximate surface area is 214 Å². The first kappa shape index (κ1) is 22.9. The molecule has 5 aromatic rings. The normalized spacial score (nSPS) is 16.6. The number of nitrogens with zero attached hydrogens (tertiary/aromatic N) is 5. The second kappa shape index (κ2) is 9.87. The number of nitrogens with one attached hydrogen (secondary N) is 3. The highest BCUT2D eigenvalue weighted by atomic mass is 16.2. The SMILES string of the molecule is CC(Nc1nccc(-n2cnc3ccccc32)n1)[C@@H]1CN(C(=O)Nc2cccc3ccccc23)CCN1. The number of rotatable bonds is 5. The summed E-state index contributed by atoms with van der Waals surface area (Å²) in [7, 11) is 0. The van der Waals surface area contributed by atoms with Gasteiger partial charge in [-0.05, 0) is 36.6 Å². The van der Waals surface area contributed by atoms with Gasteiger partial charge in [-0.3, -0.25) is 4.57 Å². The molecule has 0 spiro atoms. The average molecular weight is 493 g/mol. The summed E-state index contributed by atoms with van der Waals surface area (Å²) in [6.45, 7) is 3.99. The van der Waals surface area contributed by atoms with Gasteiger partial charge in [0.25, 0.3) is 0 Å². The fourth-order valence-corrected chi connectivity index (χ4v) is 4.83. The standard InChI is InChI=1S/C28H28N8O/c1-19(32-27-30-14-13-26(34-27)36-18-31-23-10-4-5-12-25(23)36)24-17-35(16-15-29-24)28(37)33-22-11-6-8-20-7-2-3-9-21(20)22/h2-14,18-19,24,29H,15-17H2,1H3,(H,33,37)(H,30,32,34)/t19?,24-/m0/s1. The van der Waals surface area contributed by atoms with Crippen LogP contribution in [0.15, 0.2) is 85.3 Å². The number of aromatic nitrogens is 4. The van der Waals surface area contributed by atoms with Crippen LogP contribution in [0.2, 0.25) is 0 Å². The van der Waals surface area contributed by atoms with Crippen LogP contribution in [0.3, 0.4) is 0 Å². The Morgan fingerprint density at radius 2 is 1.86 bits per heavy atom. The number of carbonyl (C=O) groups excluding carboxylic acids is 1. The molecule has 2 aromatic heterocycles. The fraction of sp³-hybridized carbons (Fsp3) is 0.214. The maximum atomic E-state index is 13.2. The van der Waals surface area contributed by atoms with E-state index in [1.54, 1.807) is 12.5 Å². The van der Waals surface area contributed by atoms with Crippen LogP contribution in [0, 0.1) is 0 Å². The van der Waals surface area contributed by atoms with Crippen LogP contribution < -0.4 is 16.0 Å². The number of hydrogen-bond acceptors (Lipinski definition) is 6. The summed E-state index contributed by atoms with van der Waals surface area (Å²) in [6.07, 6.45) is 3.51. The first-order valence-electron chi connectivity index (χ1n) is 12.4. The summed E-state index contributed by atoms with van der Waals surface area (Å²) in [5, 5.41) is 12.2. The second-order valence-corrected chi connectivity index (χ2v) is 9.24. The topological polar surface area (TPSA) is 100 Å².